The molecule has 1 aromatic carbocycles. The summed E-state index contributed by atoms with van der Waals surface area (Å²) in [6.45, 7) is 2.30. The van der Waals surface area contributed by atoms with Crippen LogP contribution in [0.2, 0.25) is 0 Å². The highest BCUT2D eigenvalue weighted by Crippen LogP contribution is 2.30. The molecule has 1 aliphatic rings. The highest BCUT2D eigenvalue weighted by atomic mass is 35.5. The van der Waals surface area contributed by atoms with Gasteiger partial charge in [-0.25, -0.2) is 8.78 Å². The molecular formula is C13H13ClF2N2O3. The van der Waals surface area contributed by atoms with Crippen LogP contribution in [-0.4, -0.2) is 34.2 Å². The molecule has 1 aliphatic heterocycles. The summed E-state index contributed by atoms with van der Waals surface area (Å²) < 4.78 is 26.5. The van der Waals surface area contributed by atoms with Crippen molar-refractivity contribution in [2.75, 3.05) is 12.4 Å². The van der Waals surface area contributed by atoms with Crippen LogP contribution in [0, 0.1) is 27.7 Å². The number of nitro groups is 1. The van der Waals surface area contributed by atoms with E-state index >= 15 is 0 Å². The lowest BCUT2D eigenvalue weighted by Crippen LogP contribution is -2.39. The Morgan fingerprint density at radius 1 is 1.48 bits per heavy atom. The van der Waals surface area contributed by atoms with E-state index in [1.54, 1.807) is 0 Å². The van der Waals surface area contributed by atoms with E-state index in [4.69, 9.17) is 11.6 Å². The third-order valence-electron chi connectivity index (χ3n) is 3.77. The lowest BCUT2D eigenvalue weighted by molar-refractivity contribution is -0.385. The van der Waals surface area contributed by atoms with Crippen molar-refractivity contribution >= 4 is 23.2 Å². The zero-order chi connectivity index (χ0) is 15.7. The second-order valence-corrected chi connectivity index (χ2v) is 5.34. The zero-order valence-electron chi connectivity index (χ0n) is 11.2. The van der Waals surface area contributed by atoms with Crippen LogP contribution in [-0.2, 0) is 0 Å². The number of alkyl halides is 1. The highest BCUT2D eigenvalue weighted by Gasteiger charge is 2.37. The predicted molar refractivity (Wildman–Crippen MR) is 72.3 cm³/mol. The molecule has 0 radical (unpaired) electrons. The first kappa shape index (κ1) is 15.6. The van der Waals surface area contributed by atoms with Gasteiger partial charge in [-0.15, -0.1) is 11.6 Å². The quantitative estimate of drug-likeness (QED) is 0.489. The molecule has 5 nitrogen and oxygen atoms in total. The molecule has 2 unspecified atom stereocenters. The molecule has 2 rings (SSSR count). The molecule has 21 heavy (non-hydrogen) atoms. The van der Waals surface area contributed by atoms with Crippen LogP contribution in [0.5, 0.6) is 0 Å². The minimum Gasteiger partial charge on any atom is -0.334 e. The van der Waals surface area contributed by atoms with Crippen LogP contribution in [0.3, 0.4) is 0 Å². The van der Waals surface area contributed by atoms with Crippen LogP contribution < -0.4 is 0 Å². The highest BCUT2D eigenvalue weighted by molar-refractivity contribution is 6.18. The summed E-state index contributed by atoms with van der Waals surface area (Å²) in [6.07, 6.45) is 0.709. The van der Waals surface area contributed by atoms with Crippen LogP contribution in [0.1, 0.15) is 23.7 Å². The van der Waals surface area contributed by atoms with E-state index in [0.29, 0.717) is 25.1 Å². The summed E-state index contributed by atoms with van der Waals surface area (Å²) in [5, 5.41) is 10.9. The fraction of sp³-hybridized carbons (Fsp3) is 0.462. The number of nitro benzene ring substituents is 1. The summed E-state index contributed by atoms with van der Waals surface area (Å²) in [5.74, 6) is -3.02. The monoisotopic (exact) mass is 318 g/mol. The molecule has 0 aromatic heterocycles. The maximum absolute atomic E-state index is 13.3. The molecule has 1 fully saturated rings. The van der Waals surface area contributed by atoms with E-state index in [2.05, 4.69) is 0 Å². The van der Waals surface area contributed by atoms with Gasteiger partial charge >= 0.3 is 0 Å². The van der Waals surface area contributed by atoms with Crippen molar-refractivity contribution in [2.45, 2.75) is 19.4 Å². The predicted octanol–water partition coefficient (Wildman–Crippen LogP) is 2.96. The number of hydrogen-bond acceptors (Lipinski definition) is 3. The van der Waals surface area contributed by atoms with Gasteiger partial charge in [-0.05, 0) is 18.4 Å². The van der Waals surface area contributed by atoms with Crippen molar-refractivity contribution < 1.29 is 18.5 Å². The van der Waals surface area contributed by atoms with E-state index in [1.807, 2.05) is 6.92 Å². The van der Waals surface area contributed by atoms with Gasteiger partial charge in [-0.1, -0.05) is 6.92 Å². The average Bonchev–Trinajstić information content (AvgIpc) is 2.81. The van der Waals surface area contributed by atoms with E-state index in [9.17, 15) is 23.7 Å². The summed E-state index contributed by atoms with van der Waals surface area (Å²) in [6, 6.07) is 0.730. The van der Waals surface area contributed by atoms with Crippen molar-refractivity contribution in [3.63, 3.8) is 0 Å². The first-order valence-electron chi connectivity index (χ1n) is 6.37. The first-order chi connectivity index (χ1) is 9.86. The summed E-state index contributed by atoms with van der Waals surface area (Å²) in [4.78, 5) is 23.9. The van der Waals surface area contributed by atoms with Gasteiger partial charge in [0.25, 0.3) is 11.6 Å². The van der Waals surface area contributed by atoms with Crippen LogP contribution in [0.15, 0.2) is 12.1 Å². The molecule has 0 spiro atoms. The number of rotatable bonds is 3. The van der Waals surface area contributed by atoms with E-state index in [1.165, 1.54) is 4.90 Å². The molecule has 0 bridgehead atoms. The third-order valence-corrected chi connectivity index (χ3v) is 4.08. The zero-order valence-corrected chi connectivity index (χ0v) is 11.9. The molecular weight excluding hydrogens is 306 g/mol. The second kappa shape index (κ2) is 5.93. The number of carbonyl (C=O) groups is 1. The normalized spacial score (nSPS) is 21.6. The molecule has 0 N–H and O–H groups in total. The van der Waals surface area contributed by atoms with Crippen LogP contribution in [0.4, 0.5) is 14.5 Å². The lowest BCUT2D eigenvalue weighted by Gasteiger charge is -2.25. The van der Waals surface area contributed by atoms with Gasteiger partial charge in [-0.3, -0.25) is 14.9 Å². The Labute approximate surface area is 124 Å². The molecule has 1 heterocycles. The fourth-order valence-corrected chi connectivity index (χ4v) is 2.98. The third kappa shape index (κ3) is 2.83. The Balaban J connectivity index is 2.44. The Morgan fingerprint density at radius 2 is 2.10 bits per heavy atom. The largest absolute Gasteiger partial charge is 0.334 e. The van der Waals surface area contributed by atoms with Crippen LogP contribution in [0.25, 0.3) is 0 Å². The molecule has 1 saturated heterocycles. The minimum atomic E-state index is -1.36. The van der Waals surface area contributed by atoms with Crippen molar-refractivity contribution in [1.82, 2.24) is 4.90 Å². The second-order valence-electron chi connectivity index (χ2n) is 5.03. The Hall–Kier alpha value is -1.76. The van der Waals surface area contributed by atoms with Crippen molar-refractivity contribution in [2.24, 2.45) is 5.92 Å². The van der Waals surface area contributed by atoms with Gasteiger partial charge in [0.05, 0.1) is 11.0 Å². The van der Waals surface area contributed by atoms with Crippen LogP contribution >= 0.6 is 11.6 Å². The summed E-state index contributed by atoms with van der Waals surface area (Å²) >= 11 is 5.83. The Morgan fingerprint density at radius 3 is 2.67 bits per heavy atom. The standard InChI is InChI=1S/C13H13ClF2N2O3/c1-7-2-3-17(12(7)6-14)13(19)8-4-9(15)10(16)5-11(8)18(20)21/h4-5,7,12H,2-3,6H2,1H3. The number of hydrogen-bond donors (Lipinski definition) is 0. The van der Waals surface area contributed by atoms with Crippen molar-refractivity contribution in [3.8, 4) is 0 Å². The topological polar surface area (TPSA) is 63.5 Å². The van der Waals surface area contributed by atoms with E-state index in [0.717, 1.165) is 0 Å². The smallest absolute Gasteiger partial charge is 0.285 e. The van der Waals surface area contributed by atoms with E-state index < -0.39 is 33.7 Å². The van der Waals surface area contributed by atoms with Crippen molar-refractivity contribution in [1.29, 1.82) is 0 Å². The Bertz CT molecular complexity index is 597. The maximum Gasteiger partial charge on any atom is 0.285 e. The van der Waals surface area contributed by atoms with E-state index in [-0.39, 0.29) is 17.8 Å². The number of amides is 1. The molecule has 2 atom stereocenters. The first-order valence-corrected chi connectivity index (χ1v) is 6.90. The SMILES string of the molecule is CC1CCN(C(=O)c2cc(F)c(F)cc2[N+](=O)[O-])C1CCl. The Kier molecular flexibility index (Phi) is 4.41. The van der Waals surface area contributed by atoms with Gasteiger partial charge in [0.15, 0.2) is 11.6 Å². The maximum atomic E-state index is 13.3. The molecule has 8 heteroatoms. The number of carbonyl (C=O) groups excluding carboxylic acids is 1. The number of likely N-dealkylation sites (tertiary alicyclic amines) is 1. The minimum absolute atomic E-state index is 0.149. The molecule has 0 aliphatic carbocycles. The lowest BCUT2D eigenvalue weighted by atomic mass is 10.0. The molecule has 1 aromatic rings. The average molecular weight is 319 g/mol. The van der Waals surface area contributed by atoms with Gasteiger partial charge < -0.3 is 4.90 Å². The van der Waals surface area contributed by atoms with Gasteiger partial charge in [0.2, 0.25) is 0 Å². The number of nitrogens with zero attached hydrogens (tertiary/aromatic N) is 2. The molecule has 0 saturated carbocycles. The van der Waals surface area contributed by atoms with Gasteiger partial charge in [0, 0.05) is 18.5 Å². The molecule has 114 valence electrons. The number of benzene rings is 1. The summed E-state index contributed by atoms with van der Waals surface area (Å²) in [7, 11) is 0. The summed E-state index contributed by atoms with van der Waals surface area (Å²) in [5.41, 5.74) is -1.20. The number of halogens is 3. The van der Waals surface area contributed by atoms with Crippen molar-refractivity contribution in [3.05, 3.63) is 39.4 Å². The van der Waals surface area contributed by atoms with Gasteiger partial charge in [-0.2, -0.15) is 0 Å². The fourth-order valence-electron chi connectivity index (χ4n) is 2.51. The van der Waals surface area contributed by atoms with Gasteiger partial charge in [0.1, 0.15) is 5.56 Å². The molecule has 1 amide bonds.